The summed E-state index contributed by atoms with van der Waals surface area (Å²) in [6, 6.07) is 9.65. The van der Waals surface area contributed by atoms with Gasteiger partial charge >= 0.3 is 0 Å². The quantitative estimate of drug-likeness (QED) is 0.640. The molecule has 0 spiro atoms. The van der Waals surface area contributed by atoms with Gasteiger partial charge in [0.15, 0.2) is 0 Å². The molecule has 2 aromatic rings. The van der Waals surface area contributed by atoms with Gasteiger partial charge in [-0.15, -0.1) is 0 Å². The SMILES string of the molecule is N/C(NC1CCCNC1)=c1/cncc/c1=C(/N)c1ccc(Cl)cc1. The van der Waals surface area contributed by atoms with E-state index >= 15 is 0 Å². The molecule has 2 heterocycles. The summed E-state index contributed by atoms with van der Waals surface area (Å²) in [4.78, 5) is 4.20. The molecule has 1 saturated heterocycles. The van der Waals surface area contributed by atoms with Crippen LogP contribution in [-0.2, 0) is 0 Å². The Labute approximate surface area is 146 Å². The molecule has 1 unspecified atom stereocenters. The molecule has 1 aromatic heterocycles. The van der Waals surface area contributed by atoms with Gasteiger partial charge in [-0.3, -0.25) is 4.98 Å². The van der Waals surface area contributed by atoms with Gasteiger partial charge in [-0.05, 0) is 43.1 Å². The molecule has 0 amide bonds. The van der Waals surface area contributed by atoms with Crippen molar-refractivity contribution in [1.82, 2.24) is 15.6 Å². The average Bonchev–Trinajstić information content (AvgIpc) is 2.62. The van der Waals surface area contributed by atoms with Crippen LogP contribution in [0.2, 0.25) is 5.02 Å². The molecular weight excluding hydrogens is 322 g/mol. The maximum atomic E-state index is 6.37. The van der Waals surface area contributed by atoms with Crippen molar-refractivity contribution in [3.8, 4) is 0 Å². The minimum atomic E-state index is 0.323. The van der Waals surface area contributed by atoms with E-state index in [2.05, 4.69) is 15.6 Å². The van der Waals surface area contributed by atoms with Gasteiger partial charge in [0.2, 0.25) is 0 Å². The highest BCUT2D eigenvalue weighted by atomic mass is 35.5. The molecule has 1 aliphatic rings. The second-order valence-corrected chi connectivity index (χ2v) is 6.38. The predicted molar refractivity (Wildman–Crippen MR) is 98.3 cm³/mol. The Balaban J connectivity index is 2.04. The van der Waals surface area contributed by atoms with Crippen LogP contribution >= 0.6 is 11.6 Å². The topological polar surface area (TPSA) is 89.0 Å². The van der Waals surface area contributed by atoms with Crippen LogP contribution in [0, 0.1) is 0 Å². The molecule has 3 rings (SSSR count). The van der Waals surface area contributed by atoms with E-state index in [4.69, 9.17) is 23.1 Å². The molecule has 6 heteroatoms. The summed E-state index contributed by atoms with van der Waals surface area (Å²) in [7, 11) is 0. The minimum absolute atomic E-state index is 0.323. The number of nitrogens with two attached hydrogens (primary N) is 2. The summed E-state index contributed by atoms with van der Waals surface area (Å²) < 4.78 is 0. The molecule has 1 fully saturated rings. The second kappa shape index (κ2) is 7.55. The van der Waals surface area contributed by atoms with Crippen molar-refractivity contribution < 1.29 is 0 Å². The Morgan fingerprint density at radius 1 is 1.17 bits per heavy atom. The molecule has 1 atom stereocenters. The Hall–Kier alpha value is -2.24. The molecule has 1 aromatic carbocycles. The lowest BCUT2D eigenvalue weighted by Crippen LogP contribution is -2.47. The van der Waals surface area contributed by atoms with Crippen molar-refractivity contribution in [2.24, 2.45) is 11.5 Å². The standard InChI is InChI=1S/C18H22ClN5/c19-13-5-3-12(4-6-13)17(20)15-7-9-23-11-16(15)18(21)24-14-2-1-8-22-10-14/h3-7,9,11,14,22,24H,1-2,8,10,20-21H2/b17-15-,18-16+. The van der Waals surface area contributed by atoms with Gasteiger partial charge in [0.25, 0.3) is 0 Å². The third-order valence-corrected chi connectivity index (χ3v) is 4.47. The van der Waals surface area contributed by atoms with E-state index in [0.29, 0.717) is 22.6 Å². The summed E-state index contributed by atoms with van der Waals surface area (Å²) in [6.07, 6.45) is 5.71. The highest BCUT2D eigenvalue weighted by molar-refractivity contribution is 6.30. The van der Waals surface area contributed by atoms with Crippen molar-refractivity contribution >= 4 is 23.1 Å². The fourth-order valence-corrected chi connectivity index (χ4v) is 3.03. The lowest BCUT2D eigenvalue weighted by molar-refractivity contribution is 0.424. The number of piperidine rings is 1. The van der Waals surface area contributed by atoms with Crippen LogP contribution < -0.4 is 32.5 Å². The molecule has 1 aliphatic heterocycles. The van der Waals surface area contributed by atoms with Crippen LogP contribution in [0.25, 0.3) is 11.5 Å². The van der Waals surface area contributed by atoms with Crippen LogP contribution in [0.4, 0.5) is 0 Å². The number of nitrogens with one attached hydrogen (secondary N) is 2. The van der Waals surface area contributed by atoms with E-state index in [-0.39, 0.29) is 0 Å². The Bertz CT molecular complexity index is 810. The molecule has 0 saturated carbocycles. The normalized spacial score (nSPS) is 20.3. The molecule has 0 bridgehead atoms. The lowest BCUT2D eigenvalue weighted by Gasteiger charge is -2.24. The highest BCUT2D eigenvalue weighted by Crippen LogP contribution is 2.12. The zero-order valence-electron chi connectivity index (χ0n) is 13.4. The van der Waals surface area contributed by atoms with Gasteiger partial charge in [-0.2, -0.15) is 0 Å². The van der Waals surface area contributed by atoms with E-state index in [1.807, 2.05) is 30.3 Å². The predicted octanol–water partition coefficient (Wildman–Crippen LogP) is 0.216. The first-order valence-electron chi connectivity index (χ1n) is 8.08. The number of hydrogen-bond acceptors (Lipinski definition) is 5. The van der Waals surface area contributed by atoms with Crippen LogP contribution in [0.15, 0.2) is 42.7 Å². The molecule has 0 aliphatic carbocycles. The van der Waals surface area contributed by atoms with Crippen molar-refractivity contribution in [3.63, 3.8) is 0 Å². The van der Waals surface area contributed by atoms with Gasteiger partial charge in [0.1, 0.15) is 5.82 Å². The fraction of sp³-hybridized carbons (Fsp3) is 0.278. The number of aromatic nitrogens is 1. The molecule has 5 nitrogen and oxygen atoms in total. The number of halogens is 1. The van der Waals surface area contributed by atoms with Gasteiger partial charge in [-0.1, -0.05) is 23.7 Å². The van der Waals surface area contributed by atoms with Gasteiger partial charge in [0, 0.05) is 46.1 Å². The largest absolute Gasteiger partial charge is 0.398 e. The summed E-state index contributed by atoms with van der Waals surface area (Å²) in [6.45, 7) is 1.97. The number of rotatable bonds is 3. The highest BCUT2D eigenvalue weighted by Gasteiger charge is 2.13. The van der Waals surface area contributed by atoms with E-state index < -0.39 is 0 Å². The minimum Gasteiger partial charge on any atom is -0.398 e. The van der Waals surface area contributed by atoms with E-state index in [0.717, 1.165) is 41.9 Å². The third-order valence-electron chi connectivity index (χ3n) is 4.21. The Morgan fingerprint density at radius 3 is 2.67 bits per heavy atom. The number of benzene rings is 1. The van der Waals surface area contributed by atoms with E-state index in [9.17, 15) is 0 Å². The first kappa shape index (κ1) is 16.6. The van der Waals surface area contributed by atoms with Crippen LogP contribution in [0.3, 0.4) is 0 Å². The van der Waals surface area contributed by atoms with Crippen LogP contribution in [0.1, 0.15) is 18.4 Å². The fourth-order valence-electron chi connectivity index (χ4n) is 2.90. The lowest BCUT2D eigenvalue weighted by atomic mass is 10.1. The zero-order valence-corrected chi connectivity index (χ0v) is 14.2. The first-order chi connectivity index (χ1) is 11.6. The Kier molecular flexibility index (Phi) is 5.23. The molecule has 126 valence electrons. The van der Waals surface area contributed by atoms with Crippen molar-refractivity contribution in [1.29, 1.82) is 0 Å². The summed E-state index contributed by atoms with van der Waals surface area (Å²) >= 11 is 5.95. The summed E-state index contributed by atoms with van der Waals surface area (Å²) in [5.74, 6) is 0.601. The molecule has 6 N–H and O–H groups in total. The second-order valence-electron chi connectivity index (χ2n) is 5.94. The monoisotopic (exact) mass is 343 g/mol. The molecular formula is C18H22ClN5. The van der Waals surface area contributed by atoms with E-state index in [1.165, 1.54) is 0 Å². The molecule has 0 radical (unpaired) electrons. The summed E-state index contributed by atoms with van der Waals surface area (Å²) in [5, 5.41) is 9.12. The number of hydrogen-bond donors (Lipinski definition) is 4. The van der Waals surface area contributed by atoms with E-state index in [1.54, 1.807) is 12.4 Å². The zero-order chi connectivity index (χ0) is 16.9. The van der Waals surface area contributed by atoms with Gasteiger partial charge in [-0.25, -0.2) is 0 Å². The van der Waals surface area contributed by atoms with Crippen molar-refractivity contribution in [2.45, 2.75) is 18.9 Å². The van der Waals surface area contributed by atoms with Crippen LogP contribution in [-0.4, -0.2) is 24.1 Å². The van der Waals surface area contributed by atoms with Crippen LogP contribution in [0.5, 0.6) is 0 Å². The number of nitrogens with zero attached hydrogens (tertiary/aromatic N) is 1. The molecule has 24 heavy (non-hydrogen) atoms. The number of pyridine rings is 1. The maximum Gasteiger partial charge on any atom is 0.106 e. The Morgan fingerprint density at radius 2 is 1.96 bits per heavy atom. The van der Waals surface area contributed by atoms with Gasteiger partial charge < -0.3 is 22.1 Å². The maximum absolute atomic E-state index is 6.37. The van der Waals surface area contributed by atoms with Gasteiger partial charge in [0.05, 0.1) is 0 Å². The van der Waals surface area contributed by atoms with Crippen molar-refractivity contribution in [2.75, 3.05) is 13.1 Å². The average molecular weight is 344 g/mol. The smallest absolute Gasteiger partial charge is 0.106 e. The third kappa shape index (κ3) is 3.80. The first-order valence-corrected chi connectivity index (χ1v) is 8.46. The summed E-state index contributed by atoms with van der Waals surface area (Å²) in [5.41, 5.74) is 14.2. The van der Waals surface area contributed by atoms with Crippen molar-refractivity contribution in [3.05, 3.63) is 63.7 Å².